The highest BCUT2D eigenvalue weighted by Crippen LogP contribution is 2.42. The maximum absolute atomic E-state index is 2.32. The van der Waals surface area contributed by atoms with Crippen LogP contribution in [0.5, 0.6) is 0 Å². The van der Waals surface area contributed by atoms with Crippen molar-refractivity contribution < 1.29 is 0 Å². The Morgan fingerprint density at radius 2 is 1.93 bits per heavy atom. The van der Waals surface area contributed by atoms with Crippen LogP contribution in [0.2, 0.25) is 0 Å². The minimum atomic E-state index is 1.25. The Morgan fingerprint density at radius 1 is 1.07 bits per heavy atom. The quantitative estimate of drug-likeness (QED) is 0.574. The molecule has 3 rings (SSSR count). The van der Waals surface area contributed by atoms with Crippen molar-refractivity contribution in [1.29, 1.82) is 0 Å². The molecule has 2 aliphatic carbocycles. The van der Waals surface area contributed by atoms with Crippen molar-refractivity contribution in [2.45, 2.75) is 39.0 Å². The van der Waals surface area contributed by atoms with Crippen molar-refractivity contribution in [1.82, 2.24) is 0 Å². The van der Waals surface area contributed by atoms with E-state index in [-0.39, 0.29) is 0 Å². The minimum absolute atomic E-state index is 1.25. The topological polar surface area (TPSA) is 0 Å². The molecular formula is C14H16. The summed E-state index contributed by atoms with van der Waals surface area (Å²) in [6, 6.07) is 6.77. The van der Waals surface area contributed by atoms with E-state index in [2.05, 4.69) is 25.1 Å². The second kappa shape index (κ2) is 2.98. The molecule has 0 amide bonds. The van der Waals surface area contributed by atoms with Gasteiger partial charge in [0, 0.05) is 0 Å². The zero-order chi connectivity index (χ0) is 9.54. The van der Waals surface area contributed by atoms with Gasteiger partial charge in [0.15, 0.2) is 0 Å². The normalized spacial score (nSPS) is 19.5. The average molecular weight is 184 g/mol. The number of benzene rings is 1. The maximum atomic E-state index is 2.32. The second-order valence-electron chi connectivity index (χ2n) is 4.57. The molecule has 72 valence electrons. The lowest BCUT2D eigenvalue weighted by Crippen LogP contribution is -1.93. The Kier molecular flexibility index (Phi) is 1.76. The van der Waals surface area contributed by atoms with Crippen LogP contribution in [0.4, 0.5) is 0 Å². The molecule has 2 aliphatic rings. The van der Waals surface area contributed by atoms with E-state index in [0.29, 0.717) is 0 Å². The van der Waals surface area contributed by atoms with Crippen LogP contribution in [0.1, 0.15) is 42.4 Å². The van der Waals surface area contributed by atoms with Crippen LogP contribution < -0.4 is 0 Å². The standard InChI is InChI=1S/C14H16/c1-10-5-4-8-13-12-7-3-2-6-11(12)9-14(10)13/h4-5,8H,2-3,6-7,9H2,1H3. The molecule has 1 aromatic carbocycles. The Balaban J connectivity index is 2.14. The van der Waals surface area contributed by atoms with E-state index in [9.17, 15) is 0 Å². The van der Waals surface area contributed by atoms with Gasteiger partial charge in [-0.25, -0.2) is 0 Å². The third kappa shape index (κ3) is 1.06. The number of rotatable bonds is 0. The van der Waals surface area contributed by atoms with Gasteiger partial charge in [0.1, 0.15) is 0 Å². The fourth-order valence-electron chi connectivity index (χ4n) is 2.92. The van der Waals surface area contributed by atoms with Crippen molar-refractivity contribution in [3.8, 4) is 0 Å². The van der Waals surface area contributed by atoms with E-state index in [4.69, 9.17) is 0 Å². The van der Waals surface area contributed by atoms with Gasteiger partial charge in [-0.05, 0) is 61.3 Å². The summed E-state index contributed by atoms with van der Waals surface area (Å²) in [4.78, 5) is 0. The van der Waals surface area contributed by atoms with E-state index in [1.165, 1.54) is 37.7 Å². The fraction of sp³-hybridized carbons (Fsp3) is 0.429. The van der Waals surface area contributed by atoms with Crippen molar-refractivity contribution in [3.05, 3.63) is 40.5 Å². The lowest BCUT2D eigenvalue weighted by Gasteiger charge is -2.13. The predicted molar refractivity (Wildman–Crippen MR) is 60.3 cm³/mol. The van der Waals surface area contributed by atoms with E-state index in [1.807, 2.05) is 0 Å². The van der Waals surface area contributed by atoms with Gasteiger partial charge in [-0.3, -0.25) is 0 Å². The number of hydrogen-bond acceptors (Lipinski definition) is 0. The molecule has 0 aliphatic heterocycles. The van der Waals surface area contributed by atoms with Crippen LogP contribution >= 0.6 is 0 Å². The Bertz CT molecular complexity index is 410. The van der Waals surface area contributed by atoms with Gasteiger partial charge in [0.25, 0.3) is 0 Å². The predicted octanol–water partition coefficient (Wildman–Crippen LogP) is 3.88. The van der Waals surface area contributed by atoms with E-state index < -0.39 is 0 Å². The molecule has 0 nitrogen and oxygen atoms in total. The van der Waals surface area contributed by atoms with Gasteiger partial charge in [-0.15, -0.1) is 0 Å². The summed E-state index contributed by atoms with van der Waals surface area (Å²) < 4.78 is 0. The third-order valence-corrected chi connectivity index (χ3v) is 3.71. The molecule has 0 saturated carbocycles. The molecule has 0 radical (unpaired) electrons. The first-order chi connectivity index (χ1) is 6.86. The van der Waals surface area contributed by atoms with E-state index >= 15 is 0 Å². The summed E-state index contributed by atoms with van der Waals surface area (Å²) in [7, 11) is 0. The van der Waals surface area contributed by atoms with Crippen LogP contribution in [0.3, 0.4) is 0 Å². The van der Waals surface area contributed by atoms with Crippen LogP contribution in [0.15, 0.2) is 23.8 Å². The Morgan fingerprint density at radius 3 is 2.86 bits per heavy atom. The molecular weight excluding hydrogens is 168 g/mol. The Hall–Kier alpha value is -1.04. The molecule has 0 heteroatoms. The summed E-state index contributed by atoms with van der Waals surface area (Å²) in [5, 5.41) is 0. The van der Waals surface area contributed by atoms with Crippen molar-refractivity contribution >= 4 is 5.57 Å². The highest BCUT2D eigenvalue weighted by Gasteiger charge is 2.23. The highest BCUT2D eigenvalue weighted by molar-refractivity contribution is 5.77. The first-order valence-electron chi connectivity index (χ1n) is 5.66. The Labute approximate surface area is 85.6 Å². The number of hydrogen-bond donors (Lipinski definition) is 0. The summed E-state index contributed by atoms with van der Waals surface area (Å²) >= 11 is 0. The summed E-state index contributed by atoms with van der Waals surface area (Å²) in [6.45, 7) is 2.25. The van der Waals surface area contributed by atoms with Gasteiger partial charge in [-0.1, -0.05) is 23.8 Å². The molecule has 0 spiro atoms. The van der Waals surface area contributed by atoms with Gasteiger partial charge in [-0.2, -0.15) is 0 Å². The van der Waals surface area contributed by atoms with Crippen LogP contribution in [0, 0.1) is 6.92 Å². The van der Waals surface area contributed by atoms with Crippen LogP contribution in [-0.4, -0.2) is 0 Å². The first kappa shape index (κ1) is 8.28. The molecule has 14 heavy (non-hydrogen) atoms. The number of fused-ring (bicyclic) bond motifs is 2. The molecule has 0 atom stereocenters. The lowest BCUT2D eigenvalue weighted by molar-refractivity contribution is 0.711. The van der Waals surface area contributed by atoms with Gasteiger partial charge < -0.3 is 0 Å². The number of aryl methyl sites for hydroxylation is 1. The van der Waals surface area contributed by atoms with Crippen LogP contribution in [0.25, 0.3) is 5.57 Å². The summed E-state index contributed by atoms with van der Waals surface area (Å²) in [6.07, 6.45) is 6.73. The highest BCUT2D eigenvalue weighted by atomic mass is 14.3. The van der Waals surface area contributed by atoms with Gasteiger partial charge in [0.05, 0.1) is 0 Å². The zero-order valence-corrected chi connectivity index (χ0v) is 8.77. The largest absolute Gasteiger partial charge is 0.0620 e. The monoisotopic (exact) mass is 184 g/mol. The van der Waals surface area contributed by atoms with Crippen molar-refractivity contribution in [2.75, 3.05) is 0 Å². The first-order valence-corrected chi connectivity index (χ1v) is 5.66. The SMILES string of the molecule is Cc1cccc2c1CC1=C2CCCC1. The molecule has 0 fully saturated rings. The van der Waals surface area contributed by atoms with Crippen LogP contribution in [-0.2, 0) is 6.42 Å². The third-order valence-electron chi connectivity index (χ3n) is 3.71. The van der Waals surface area contributed by atoms with E-state index in [0.717, 1.165) is 0 Å². The van der Waals surface area contributed by atoms with Gasteiger partial charge >= 0.3 is 0 Å². The summed E-state index contributed by atoms with van der Waals surface area (Å²) in [5.74, 6) is 0. The molecule has 0 aromatic heterocycles. The molecule has 0 unspecified atom stereocenters. The molecule has 1 aromatic rings. The molecule has 0 heterocycles. The molecule has 0 N–H and O–H groups in total. The minimum Gasteiger partial charge on any atom is -0.0620 e. The second-order valence-corrected chi connectivity index (χ2v) is 4.57. The van der Waals surface area contributed by atoms with E-state index in [1.54, 1.807) is 22.3 Å². The zero-order valence-electron chi connectivity index (χ0n) is 8.77. The number of allylic oxidation sites excluding steroid dienone is 2. The van der Waals surface area contributed by atoms with Gasteiger partial charge in [0.2, 0.25) is 0 Å². The summed E-state index contributed by atoms with van der Waals surface area (Å²) in [5.41, 5.74) is 8.09. The molecule has 0 saturated heterocycles. The smallest absolute Gasteiger partial charge is 0.00524 e. The maximum Gasteiger partial charge on any atom is -0.00524 e. The van der Waals surface area contributed by atoms with Crippen molar-refractivity contribution in [3.63, 3.8) is 0 Å². The van der Waals surface area contributed by atoms with Crippen molar-refractivity contribution in [2.24, 2.45) is 0 Å². The fourth-order valence-corrected chi connectivity index (χ4v) is 2.92. The lowest BCUT2D eigenvalue weighted by atomic mass is 9.92. The average Bonchev–Trinajstić information content (AvgIpc) is 2.59. The molecule has 0 bridgehead atoms.